The Labute approximate surface area is 104 Å². The van der Waals surface area contributed by atoms with E-state index < -0.39 is 19.5 Å². The van der Waals surface area contributed by atoms with Gasteiger partial charge in [0.1, 0.15) is 18.4 Å². The average Bonchev–Trinajstić information content (AvgIpc) is 2.21. The summed E-state index contributed by atoms with van der Waals surface area (Å²) in [6.07, 6.45) is 0. The quantitative estimate of drug-likeness (QED) is 0.444. The minimum atomic E-state index is -0.947. The molecule has 0 aliphatic rings. The van der Waals surface area contributed by atoms with Gasteiger partial charge in [0, 0.05) is 0 Å². The second-order valence-electron chi connectivity index (χ2n) is 4.97. The SMILES string of the molecule is COC(=O)C(C(=O)OC)=[P+](C(C)C)C(C)(C)C. The van der Waals surface area contributed by atoms with Crippen LogP contribution in [0.2, 0.25) is 0 Å². The number of ether oxygens (including phenoxy) is 2. The lowest BCUT2D eigenvalue weighted by Crippen LogP contribution is -2.31. The Morgan fingerprint density at radius 1 is 1.00 bits per heavy atom. The van der Waals surface area contributed by atoms with Crippen LogP contribution in [0.15, 0.2) is 0 Å². The summed E-state index contributed by atoms with van der Waals surface area (Å²) in [6, 6.07) is 0. The maximum absolute atomic E-state index is 11.8. The molecule has 1 unspecified atom stereocenters. The van der Waals surface area contributed by atoms with Crippen LogP contribution in [0.25, 0.3) is 0 Å². The minimum absolute atomic E-state index is 0.152. The number of esters is 2. The first-order valence-electron chi connectivity index (χ1n) is 5.49. The molecule has 0 heterocycles. The first-order valence-corrected chi connectivity index (χ1v) is 6.90. The van der Waals surface area contributed by atoms with E-state index in [1.165, 1.54) is 14.2 Å². The largest absolute Gasteiger partial charge is 0.462 e. The topological polar surface area (TPSA) is 52.6 Å². The second-order valence-corrected chi connectivity index (χ2v) is 8.53. The van der Waals surface area contributed by atoms with Gasteiger partial charge < -0.3 is 9.47 Å². The smallest absolute Gasteiger partial charge is 0.388 e. The first-order chi connectivity index (χ1) is 7.66. The zero-order valence-corrected chi connectivity index (χ0v) is 12.6. The highest BCUT2D eigenvalue weighted by molar-refractivity contribution is 7.65. The van der Waals surface area contributed by atoms with Gasteiger partial charge in [0.25, 0.3) is 0 Å². The highest BCUT2D eigenvalue weighted by Gasteiger charge is 2.43. The number of hydrogen-bond acceptors (Lipinski definition) is 4. The maximum Gasteiger partial charge on any atom is 0.388 e. The third-order valence-electron chi connectivity index (χ3n) is 2.24. The first kappa shape index (κ1) is 16.1. The molecule has 0 rings (SSSR count). The van der Waals surface area contributed by atoms with Crippen molar-refractivity contribution >= 4 is 24.8 Å². The fourth-order valence-electron chi connectivity index (χ4n) is 1.84. The molecule has 0 bridgehead atoms. The lowest BCUT2D eigenvalue weighted by atomic mass is 10.3. The number of methoxy groups -OCH3 is 2. The van der Waals surface area contributed by atoms with E-state index in [4.69, 9.17) is 9.47 Å². The van der Waals surface area contributed by atoms with Crippen molar-refractivity contribution in [3.05, 3.63) is 0 Å². The molecular formula is C12H22O4P+. The van der Waals surface area contributed by atoms with Crippen LogP contribution in [-0.2, 0) is 19.1 Å². The standard InChI is InChI=1S/C12H22O4P/c1-8(2)17(12(3,4)5)9(10(13)15-6)11(14)16-7/h8H,1-7H3/q+1. The fraction of sp³-hybridized carbons (Fsp3) is 0.750. The Hall–Kier alpha value is -0.890. The molecule has 0 aliphatic heterocycles. The van der Waals surface area contributed by atoms with E-state index >= 15 is 0 Å². The molecule has 0 saturated carbocycles. The fourth-order valence-corrected chi connectivity index (χ4v) is 5.15. The second kappa shape index (κ2) is 6.15. The molecule has 0 amide bonds. The number of rotatable bonds is 3. The van der Waals surface area contributed by atoms with Crippen molar-refractivity contribution in [3.63, 3.8) is 0 Å². The van der Waals surface area contributed by atoms with Gasteiger partial charge in [0.2, 0.25) is 0 Å². The van der Waals surface area contributed by atoms with Gasteiger partial charge in [-0.3, -0.25) is 0 Å². The molecule has 5 heteroatoms. The zero-order chi connectivity index (χ0) is 13.8. The predicted molar refractivity (Wildman–Crippen MR) is 70.8 cm³/mol. The Kier molecular flexibility index (Phi) is 5.83. The van der Waals surface area contributed by atoms with Crippen LogP contribution in [0.4, 0.5) is 0 Å². The van der Waals surface area contributed by atoms with E-state index in [9.17, 15) is 9.59 Å². The maximum atomic E-state index is 11.8. The monoisotopic (exact) mass is 261 g/mol. The van der Waals surface area contributed by atoms with Crippen LogP contribution < -0.4 is 0 Å². The average molecular weight is 261 g/mol. The van der Waals surface area contributed by atoms with Crippen LogP contribution in [-0.4, -0.2) is 42.3 Å². The van der Waals surface area contributed by atoms with Gasteiger partial charge in [0.15, 0.2) is 0 Å². The van der Waals surface area contributed by atoms with E-state index in [0.717, 1.165) is 0 Å². The molecule has 0 aromatic rings. The summed E-state index contributed by atoms with van der Waals surface area (Å²) in [6.45, 7) is 10.1. The van der Waals surface area contributed by atoms with Gasteiger partial charge in [-0.1, -0.05) is 0 Å². The Morgan fingerprint density at radius 2 is 1.35 bits per heavy atom. The highest BCUT2D eigenvalue weighted by atomic mass is 31.1. The molecule has 0 radical (unpaired) electrons. The third kappa shape index (κ3) is 4.12. The summed E-state index contributed by atoms with van der Waals surface area (Å²) >= 11 is 0. The summed E-state index contributed by atoms with van der Waals surface area (Å²) < 4.78 is 9.40. The summed E-state index contributed by atoms with van der Waals surface area (Å²) in [5.74, 6) is -1.15. The molecule has 0 aromatic heterocycles. The number of carbonyl (C=O) groups is 2. The molecule has 4 nitrogen and oxygen atoms in total. The molecule has 0 saturated heterocycles. The van der Waals surface area contributed by atoms with Crippen LogP contribution in [0.5, 0.6) is 0 Å². The van der Waals surface area contributed by atoms with Crippen molar-refractivity contribution in [1.29, 1.82) is 0 Å². The normalized spacial score (nSPS) is 12.1. The summed E-state index contributed by atoms with van der Waals surface area (Å²) in [5, 5.41) is 0.00815. The molecular weight excluding hydrogens is 239 g/mol. The van der Waals surface area contributed by atoms with E-state index in [1.807, 2.05) is 34.6 Å². The van der Waals surface area contributed by atoms with Crippen molar-refractivity contribution < 1.29 is 19.1 Å². The molecule has 0 aliphatic carbocycles. The Bertz CT molecular complexity index is 319. The van der Waals surface area contributed by atoms with Crippen LogP contribution in [0.3, 0.4) is 0 Å². The highest BCUT2D eigenvalue weighted by Crippen LogP contribution is 2.45. The van der Waals surface area contributed by atoms with Gasteiger partial charge in [-0.15, -0.1) is 0 Å². The Morgan fingerprint density at radius 3 is 1.53 bits per heavy atom. The van der Waals surface area contributed by atoms with Crippen LogP contribution >= 0.6 is 7.55 Å². The minimum Gasteiger partial charge on any atom is -0.462 e. The lowest BCUT2D eigenvalue weighted by Gasteiger charge is -2.17. The van der Waals surface area contributed by atoms with E-state index in [1.54, 1.807) is 0 Å². The molecule has 0 N–H and O–H groups in total. The van der Waals surface area contributed by atoms with Gasteiger partial charge in [-0.2, -0.15) is 0 Å². The summed E-state index contributed by atoms with van der Waals surface area (Å²) in [5.41, 5.74) is 0.207. The number of carbonyl (C=O) groups excluding carboxylic acids is 2. The lowest BCUT2D eigenvalue weighted by molar-refractivity contribution is -0.137. The van der Waals surface area contributed by atoms with E-state index in [0.29, 0.717) is 0 Å². The summed E-state index contributed by atoms with van der Waals surface area (Å²) in [4.78, 5) is 23.5. The van der Waals surface area contributed by atoms with Crippen molar-refractivity contribution in [2.45, 2.75) is 45.4 Å². The molecule has 1 atom stereocenters. The van der Waals surface area contributed by atoms with Crippen molar-refractivity contribution in [1.82, 2.24) is 0 Å². The van der Waals surface area contributed by atoms with Crippen molar-refractivity contribution in [2.75, 3.05) is 14.2 Å². The van der Waals surface area contributed by atoms with Crippen LogP contribution in [0.1, 0.15) is 34.6 Å². The van der Waals surface area contributed by atoms with Gasteiger partial charge in [0.05, 0.1) is 14.2 Å². The van der Waals surface area contributed by atoms with Crippen LogP contribution in [0, 0.1) is 0 Å². The van der Waals surface area contributed by atoms with E-state index in [-0.39, 0.29) is 16.1 Å². The zero-order valence-electron chi connectivity index (χ0n) is 11.7. The third-order valence-corrected chi connectivity index (χ3v) is 5.56. The molecule has 0 spiro atoms. The van der Waals surface area contributed by atoms with Crippen molar-refractivity contribution in [3.8, 4) is 0 Å². The van der Waals surface area contributed by atoms with Crippen molar-refractivity contribution in [2.24, 2.45) is 0 Å². The van der Waals surface area contributed by atoms with Gasteiger partial charge in [-0.05, 0) is 34.6 Å². The number of hydrogen-bond donors (Lipinski definition) is 0. The molecule has 17 heavy (non-hydrogen) atoms. The molecule has 98 valence electrons. The van der Waals surface area contributed by atoms with E-state index in [2.05, 4.69) is 0 Å². The Balaban J connectivity index is 5.93. The van der Waals surface area contributed by atoms with Gasteiger partial charge in [-0.25, -0.2) is 9.59 Å². The summed E-state index contributed by atoms with van der Waals surface area (Å²) in [7, 11) is 1.61. The molecule has 0 fully saturated rings. The predicted octanol–water partition coefficient (Wildman–Crippen LogP) is 2.19. The van der Waals surface area contributed by atoms with Gasteiger partial charge >= 0.3 is 17.2 Å². The molecule has 0 aromatic carbocycles.